The van der Waals surface area contributed by atoms with Crippen LogP contribution in [0.15, 0.2) is 42.5 Å². The van der Waals surface area contributed by atoms with Gasteiger partial charge in [0.1, 0.15) is 0 Å². The molecule has 3 rings (SSSR count). The first-order valence-electron chi connectivity index (χ1n) is 10.0. The number of carbonyl (C=O) groups excluding carboxylic acids is 2. The number of rotatable bonds is 6. The zero-order valence-corrected chi connectivity index (χ0v) is 16.9. The van der Waals surface area contributed by atoms with Gasteiger partial charge < -0.3 is 21.4 Å². The minimum absolute atomic E-state index is 0.0133. The average molecular weight is 393 g/mol. The lowest BCUT2D eigenvalue weighted by molar-refractivity contribution is -0.124. The Kier molecular flexibility index (Phi) is 6.32. The molecule has 0 aromatic heterocycles. The maximum atomic E-state index is 12.9. The van der Waals surface area contributed by atoms with Crippen LogP contribution in [0, 0.1) is 11.3 Å². The van der Waals surface area contributed by atoms with Crippen LogP contribution in [0.4, 0.5) is 5.69 Å². The van der Waals surface area contributed by atoms with E-state index in [0.717, 1.165) is 24.0 Å². The third-order valence-electron chi connectivity index (χ3n) is 5.72. The van der Waals surface area contributed by atoms with E-state index in [0.29, 0.717) is 29.8 Å². The van der Waals surface area contributed by atoms with Crippen molar-refractivity contribution in [3.8, 4) is 11.1 Å². The van der Waals surface area contributed by atoms with Gasteiger partial charge in [-0.1, -0.05) is 24.3 Å². The molecule has 1 saturated carbocycles. The molecule has 6 nitrogen and oxygen atoms in total. The SMILES string of the molecule is CCNC(=O)[C@H]1CC[C@@H](N(C)C(=O)c2ccc(-c3cccc(N)c3C=N)cc2)C1. The number of hydrogen-bond donors (Lipinski definition) is 3. The highest BCUT2D eigenvalue weighted by molar-refractivity contribution is 5.97. The number of nitrogens with zero attached hydrogens (tertiary/aromatic N) is 1. The Morgan fingerprint density at radius 2 is 1.93 bits per heavy atom. The number of carbonyl (C=O) groups is 2. The van der Waals surface area contributed by atoms with Crippen molar-refractivity contribution < 1.29 is 9.59 Å². The first-order valence-corrected chi connectivity index (χ1v) is 10.0. The molecule has 1 aliphatic carbocycles. The van der Waals surface area contributed by atoms with E-state index >= 15 is 0 Å². The van der Waals surface area contributed by atoms with Crippen molar-refractivity contribution in [3.05, 3.63) is 53.6 Å². The van der Waals surface area contributed by atoms with Crippen LogP contribution in [0.5, 0.6) is 0 Å². The van der Waals surface area contributed by atoms with Gasteiger partial charge in [0.2, 0.25) is 5.91 Å². The first-order chi connectivity index (χ1) is 14.0. The Hall–Kier alpha value is -3.15. The molecule has 1 fully saturated rings. The number of benzene rings is 2. The van der Waals surface area contributed by atoms with Gasteiger partial charge in [-0.15, -0.1) is 0 Å². The monoisotopic (exact) mass is 392 g/mol. The predicted octanol–water partition coefficient (Wildman–Crippen LogP) is 3.31. The molecule has 0 heterocycles. The largest absolute Gasteiger partial charge is 0.398 e. The van der Waals surface area contributed by atoms with Gasteiger partial charge in [-0.25, -0.2) is 0 Å². The van der Waals surface area contributed by atoms with Crippen LogP contribution in [-0.2, 0) is 4.79 Å². The van der Waals surface area contributed by atoms with Gasteiger partial charge in [0.05, 0.1) is 0 Å². The summed E-state index contributed by atoms with van der Waals surface area (Å²) in [7, 11) is 1.81. The summed E-state index contributed by atoms with van der Waals surface area (Å²) in [5, 5.41) is 10.5. The Morgan fingerprint density at radius 1 is 1.21 bits per heavy atom. The zero-order valence-electron chi connectivity index (χ0n) is 16.9. The van der Waals surface area contributed by atoms with E-state index in [1.165, 1.54) is 6.21 Å². The van der Waals surface area contributed by atoms with Gasteiger partial charge in [-0.3, -0.25) is 9.59 Å². The topological polar surface area (TPSA) is 99.3 Å². The van der Waals surface area contributed by atoms with Crippen molar-refractivity contribution in [2.75, 3.05) is 19.3 Å². The molecule has 0 radical (unpaired) electrons. The molecule has 2 aromatic carbocycles. The van der Waals surface area contributed by atoms with E-state index in [9.17, 15) is 9.59 Å². The molecule has 152 valence electrons. The Bertz CT molecular complexity index is 908. The highest BCUT2D eigenvalue weighted by Gasteiger charge is 2.33. The van der Waals surface area contributed by atoms with Crippen molar-refractivity contribution in [1.82, 2.24) is 10.2 Å². The summed E-state index contributed by atoms with van der Waals surface area (Å²) in [5.41, 5.74) is 9.58. The summed E-state index contributed by atoms with van der Waals surface area (Å²) in [6.45, 7) is 2.55. The number of nitrogen functional groups attached to an aromatic ring is 1. The molecule has 2 amide bonds. The van der Waals surface area contributed by atoms with E-state index in [1.54, 1.807) is 23.1 Å². The van der Waals surface area contributed by atoms with Gasteiger partial charge in [-0.05, 0) is 55.5 Å². The highest BCUT2D eigenvalue weighted by Crippen LogP contribution is 2.30. The average Bonchev–Trinajstić information content (AvgIpc) is 3.23. The second-order valence-corrected chi connectivity index (χ2v) is 7.50. The second kappa shape index (κ2) is 8.90. The fourth-order valence-corrected chi connectivity index (χ4v) is 4.02. The van der Waals surface area contributed by atoms with Gasteiger partial charge >= 0.3 is 0 Å². The normalized spacial score (nSPS) is 18.3. The van der Waals surface area contributed by atoms with Crippen LogP contribution in [0.25, 0.3) is 11.1 Å². The highest BCUT2D eigenvalue weighted by atomic mass is 16.2. The predicted molar refractivity (Wildman–Crippen MR) is 116 cm³/mol. The quantitative estimate of drug-likeness (QED) is 0.519. The summed E-state index contributed by atoms with van der Waals surface area (Å²) in [6, 6.07) is 13.0. The summed E-state index contributed by atoms with van der Waals surface area (Å²) in [5.74, 6) is 0.0305. The molecule has 0 unspecified atom stereocenters. The third-order valence-corrected chi connectivity index (χ3v) is 5.72. The molecule has 0 saturated heterocycles. The Balaban J connectivity index is 1.72. The van der Waals surface area contributed by atoms with Gasteiger partial charge in [-0.2, -0.15) is 0 Å². The molecule has 0 spiro atoms. The van der Waals surface area contributed by atoms with Crippen molar-refractivity contribution in [2.45, 2.75) is 32.2 Å². The molecule has 2 aromatic rings. The van der Waals surface area contributed by atoms with Gasteiger partial charge in [0, 0.05) is 48.6 Å². The molecular formula is C23H28N4O2. The Morgan fingerprint density at radius 3 is 2.59 bits per heavy atom. The lowest BCUT2D eigenvalue weighted by Gasteiger charge is -2.25. The minimum Gasteiger partial charge on any atom is -0.398 e. The number of anilines is 1. The van der Waals surface area contributed by atoms with Crippen LogP contribution in [0.3, 0.4) is 0 Å². The van der Waals surface area contributed by atoms with E-state index in [-0.39, 0.29) is 23.8 Å². The zero-order chi connectivity index (χ0) is 21.0. The maximum absolute atomic E-state index is 12.9. The molecule has 29 heavy (non-hydrogen) atoms. The number of hydrogen-bond acceptors (Lipinski definition) is 4. The van der Waals surface area contributed by atoms with Crippen molar-refractivity contribution in [1.29, 1.82) is 5.41 Å². The standard InChI is InChI=1S/C23H28N4O2/c1-3-26-22(28)17-11-12-18(13-17)27(2)23(29)16-9-7-15(8-10-16)19-5-4-6-21(25)20(19)14-24/h4-10,14,17-18,24H,3,11-13,25H2,1-2H3,(H,26,28)/t17-,18+/m0/s1. The summed E-state index contributed by atoms with van der Waals surface area (Å²) in [6.07, 6.45) is 3.61. The van der Waals surface area contributed by atoms with E-state index in [4.69, 9.17) is 11.1 Å². The number of amides is 2. The molecular weight excluding hydrogens is 364 g/mol. The lowest BCUT2D eigenvalue weighted by atomic mass is 9.97. The molecule has 0 aliphatic heterocycles. The summed E-state index contributed by atoms with van der Waals surface area (Å²) < 4.78 is 0. The fourth-order valence-electron chi connectivity index (χ4n) is 4.02. The van der Waals surface area contributed by atoms with Gasteiger partial charge in [0.25, 0.3) is 5.91 Å². The number of nitrogens with two attached hydrogens (primary N) is 1. The minimum atomic E-state index is -0.0436. The van der Waals surface area contributed by atoms with E-state index < -0.39 is 0 Å². The molecule has 0 bridgehead atoms. The van der Waals surface area contributed by atoms with E-state index in [1.807, 2.05) is 38.2 Å². The molecule has 2 atom stereocenters. The molecule has 4 N–H and O–H groups in total. The molecule has 6 heteroatoms. The summed E-state index contributed by atoms with van der Waals surface area (Å²) >= 11 is 0. The third kappa shape index (κ3) is 4.31. The van der Waals surface area contributed by atoms with Crippen molar-refractivity contribution in [3.63, 3.8) is 0 Å². The maximum Gasteiger partial charge on any atom is 0.253 e. The van der Waals surface area contributed by atoms with Crippen molar-refractivity contribution in [2.24, 2.45) is 5.92 Å². The Labute approximate surface area is 171 Å². The first kappa shape index (κ1) is 20.6. The van der Waals surface area contributed by atoms with Crippen LogP contribution < -0.4 is 11.1 Å². The smallest absolute Gasteiger partial charge is 0.253 e. The summed E-state index contributed by atoms with van der Waals surface area (Å²) in [4.78, 5) is 26.8. The van der Waals surface area contributed by atoms with Crippen molar-refractivity contribution >= 4 is 23.7 Å². The molecule has 1 aliphatic rings. The van der Waals surface area contributed by atoms with E-state index in [2.05, 4.69) is 5.32 Å². The lowest BCUT2D eigenvalue weighted by Crippen LogP contribution is -2.36. The fraction of sp³-hybridized carbons (Fsp3) is 0.348. The van der Waals surface area contributed by atoms with Crippen LogP contribution in [-0.4, -0.2) is 42.6 Å². The number of nitrogens with one attached hydrogen (secondary N) is 2. The van der Waals surface area contributed by atoms with Crippen LogP contribution in [0.1, 0.15) is 42.1 Å². The second-order valence-electron chi connectivity index (χ2n) is 7.50. The van der Waals surface area contributed by atoms with Gasteiger partial charge in [0.15, 0.2) is 0 Å². The van der Waals surface area contributed by atoms with Crippen LogP contribution >= 0.6 is 0 Å². The van der Waals surface area contributed by atoms with Crippen LogP contribution in [0.2, 0.25) is 0 Å².